The van der Waals surface area contributed by atoms with Crippen molar-refractivity contribution in [1.29, 1.82) is 0 Å². The summed E-state index contributed by atoms with van der Waals surface area (Å²) in [5.74, 6) is 1.53. The average Bonchev–Trinajstić information content (AvgIpc) is 2.39. The molecule has 0 amide bonds. The van der Waals surface area contributed by atoms with Crippen LogP contribution in [0.1, 0.15) is 25.5 Å². The first-order chi connectivity index (χ1) is 8.13. The molecular formula is C13H21NO2S. The van der Waals surface area contributed by atoms with Gasteiger partial charge in [0.05, 0.1) is 12.4 Å². The summed E-state index contributed by atoms with van der Waals surface area (Å²) in [7, 11) is 2.75. The first-order valence-corrected chi connectivity index (χ1v) is 7.20. The lowest BCUT2D eigenvalue weighted by molar-refractivity contribution is 0.414. The molecule has 1 aromatic carbocycles. The number of nitrogens with one attached hydrogen (secondary N) is 1. The summed E-state index contributed by atoms with van der Waals surface area (Å²) in [6, 6.07) is 8.01. The van der Waals surface area contributed by atoms with Gasteiger partial charge in [-0.2, -0.15) is 0 Å². The molecule has 0 saturated carbocycles. The zero-order valence-corrected chi connectivity index (χ0v) is 11.7. The Morgan fingerprint density at radius 1 is 1.35 bits per heavy atom. The van der Waals surface area contributed by atoms with Crippen molar-refractivity contribution in [2.45, 2.75) is 25.1 Å². The van der Waals surface area contributed by atoms with Gasteiger partial charge in [0, 0.05) is 22.6 Å². The summed E-state index contributed by atoms with van der Waals surface area (Å²) in [5.41, 5.74) is 1.14. The predicted molar refractivity (Wildman–Crippen MR) is 72.9 cm³/mol. The number of methoxy groups -OCH3 is 1. The highest BCUT2D eigenvalue weighted by atomic mass is 32.2. The van der Waals surface area contributed by atoms with E-state index in [4.69, 9.17) is 4.74 Å². The molecule has 0 heterocycles. The van der Waals surface area contributed by atoms with Crippen molar-refractivity contribution in [2.75, 3.05) is 19.9 Å². The van der Waals surface area contributed by atoms with Crippen LogP contribution in [0.15, 0.2) is 24.3 Å². The molecule has 0 bridgehead atoms. The molecule has 0 spiro atoms. The Labute approximate surface area is 106 Å². The highest BCUT2D eigenvalue weighted by molar-refractivity contribution is 7.85. The molecule has 0 saturated heterocycles. The zero-order valence-electron chi connectivity index (χ0n) is 10.9. The van der Waals surface area contributed by atoms with E-state index in [1.807, 2.05) is 45.2 Å². The van der Waals surface area contributed by atoms with Crippen molar-refractivity contribution >= 4 is 10.8 Å². The first-order valence-electron chi connectivity index (χ1n) is 5.82. The molecule has 1 aromatic rings. The van der Waals surface area contributed by atoms with Crippen molar-refractivity contribution in [3.63, 3.8) is 0 Å². The number of rotatable bonds is 6. The average molecular weight is 255 g/mol. The van der Waals surface area contributed by atoms with Gasteiger partial charge in [0.1, 0.15) is 5.75 Å². The van der Waals surface area contributed by atoms with Gasteiger partial charge in [0.2, 0.25) is 0 Å². The van der Waals surface area contributed by atoms with Gasteiger partial charge in [-0.15, -0.1) is 0 Å². The molecule has 0 aliphatic rings. The molecular weight excluding hydrogens is 234 g/mol. The van der Waals surface area contributed by atoms with Gasteiger partial charge in [0.25, 0.3) is 0 Å². The number of benzene rings is 1. The lowest BCUT2D eigenvalue weighted by atomic mass is 10.0. The molecule has 0 aliphatic heterocycles. The van der Waals surface area contributed by atoms with Crippen LogP contribution in [0.3, 0.4) is 0 Å². The molecule has 0 fully saturated rings. The van der Waals surface area contributed by atoms with E-state index < -0.39 is 10.8 Å². The smallest absolute Gasteiger partial charge is 0.118 e. The van der Waals surface area contributed by atoms with E-state index in [0.717, 1.165) is 11.3 Å². The van der Waals surface area contributed by atoms with E-state index in [0.29, 0.717) is 5.75 Å². The molecule has 1 rings (SSSR count). The van der Waals surface area contributed by atoms with Gasteiger partial charge in [-0.3, -0.25) is 4.21 Å². The quantitative estimate of drug-likeness (QED) is 0.846. The molecule has 17 heavy (non-hydrogen) atoms. The van der Waals surface area contributed by atoms with Crippen LogP contribution in [0.5, 0.6) is 5.75 Å². The molecule has 0 radical (unpaired) electrons. The molecule has 0 aliphatic carbocycles. The second-order valence-corrected chi connectivity index (χ2v) is 6.00. The number of hydrogen-bond donors (Lipinski definition) is 1. The molecule has 3 nitrogen and oxygen atoms in total. The van der Waals surface area contributed by atoms with Crippen LogP contribution in [0.2, 0.25) is 0 Å². The van der Waals surface area contributed by atoms with Crippen molar-refractivity contribution in [2.24, 2.45) is 0 Å². The lowest BCUT2D eigenvalue weighted by Crippen LogP contribution is -2.31. The van der Waals surface area contributed by atoms with E-state index in [9.17, 15) is 4.21 Å². The van der Waals surface area contributed by atoms with Crippen LogP contribution in [0.4, 0.5) is 0 Å². The molecule has 4 heteroatoms. The minimum absolute atomic E-state index is 0.0957. The van der Waals surface area contributed by atoms with Gasteiger partial charge in [-0.1, -0.05) is 19.1 Å². The fourth-order valence-electron chi connectivity index (χ4n) is 1.90. The molecule has 1 N–H and O–H groups in total. The Bertz CT molecular complexity index is 364. The third-order valence-electron chi connectivity index (χ3n) is 2.95. The fraction of sp³-hybridized carbons (Fsp3) is 0.538. The van der Waals surface area contributed by atoms with Crippen LogP contribution >= 0.6 is 0 Å². The molecule has 3 atom stereocenters. The molecule has 96 valence electrons. The minimum atomic E-state index is -0.803. The van der Waals surface area contributed by atoms with Gasteiger partial charge >= 0.3 is 0 Å². The summed E-state index contributed by atoms with van der Waals surface area (Å²) in [4.78, 5) is 0. The van der Waals surface area contributed by atoms with Crippen LogP contribution in [0.25, 0.3) is 0 Å². The second-order valence-electron chi connectivity index (χ2n) is 3.91. The summed E-state index contributed by atoms with van der Waals surface area (Å²) in [6.07, 6.45) is 0. The van der Waals surface area contributed by atoms with Gasteiger partial charge in [0.15, 0.2) is 0 Å². The standard InChI is InChI=1S/C13H21NO2S/c1-5-17(15)10(2)13(14-3)11-6-8-12(16-4)9-7-11/h6-10,13-14H,5H2,1-4H3. The van der Waals surface area contributed by atoms with E-state index in [-0.39, 0.29) is 11.3 Å². The molecule has 0 aromatic heterocycles. The van der Waals surface area contributed by atoms with Crippen LogP contribution < -0.4 is 10.1 Å². The predicted octanol–water partition coefficient (Wildman–Crippen LogP) is 2.11. The monoisotopic (exact) mass is 255 g/mol. The first kappa shape index (κ1) is 14.2. The Morgan fingerprint density at radius 2 is 1.94 bits per heavy atom. The summed E-state index contributed by atoms with van der Waals surface area (Å²) in [5, 5.41) is 3.33. The Kier molecular flexibility index (Phi) is 5.65. The van der Waals surface area contributed by atoms with Crippen molar-refractivity contribution in [1.82, 2.24) is 5.32 Å². The maximum absolute atomic E-state index is 11.9. The Balaban J connectivity index is 2.89. The SMILES string of the molecule is CCS(=O)C(C)C(NC)c1ccc(OC)cc1. The highest BCUT2D eigenvalue weighted by Crippen LogP contribution is 2.22. The summed E-state index contributed by atoms with van der Waals surface area (Å²) >= 11 is 0. The van der Waals surface area contributed by atoms with E-state index in [1.54, 1.807) is 7.11 Å². The van der Waals surface area contributed by atoms with Gasteiger partial charge in [-0.25, -0.2) is 0 Å². The topological polar surface area (TPSA) is 38.3 Å². The zero-order chi connectivity index (χ0) is 12.8. The van der Waals surface area contributed by atoms with Crippen LogP contribution in [0, 0.1) is 0 Å². The maximum atomic E-state index is 11.9. The third-order valence-corrected chi connectivity index (χ3v) is 4.63. The maximum Gasteiger partial charge on any atom is 0.118 e. The van der Waals surface area contributed by atoms with E-state index in [1.165, 1.54) is 0 Å². The Hall–Kier alpha value is -0.870. The van der Waals surface area contributed by atoms with Crippen molar-refractivity contribution < 1.29 is 8.95 Å². The number of ether oxygens (including phenoxy) is 1. The summed E-state index contributed by atoms with van der Waals surface area (Å²) < 4.78 is 17.0. The lowest BCUT2D eigenvalue weighted by Gasteiger charge is -2.23. The highest BCUT2D eigenvalue weighted by Gasteiger charge is 2.21. The second kappa shape index (κ2) is 6.77. The van der Waals surface area contributed by atoms with E-state index in [2.05, 4.69) is 5.32 Å². The number of hydrogen-bond acceptors (Lipinski definition) is 3. The third kappa shape index (κ3) is 3.54. The van der Waals surface area contributed by atoms with Crippen LogP contribution in [-0.4, -0.2) is 29.4 Å². The summed E-state index contributed by atoms with van der Waals surface area (Å²) in [6.45, 7) is 3.97. The minimum Gasteiger partial charge on any atom is -0.497 e. The van der Waals surface area contributed by atoms with Crippen molar-refractivity contribution in [3.8, 4) is 5.75 Å². The van der Waals surface area contributed by atoms with Gasteiger partial charge < -0.3 is 10.1 Å². The molecule has 3 unspecified atom stereocenters. The van der Waals surface area contributed by atoms with Crippen LogP contribution in [-0.2, 0) is 10.8 Å². The Morgan fingerprint density at radius 3 is 2.35 bits per heavy atom. The largest absolute Gasteiger partial charge is 0.497 e. The van der Waals surface area contributed by atoms with Gasteiger partial charge in [-0.05, 0) is 31.7 Å². The van der Waals surface area contributed by atoms with E-state index >= 15 is 0 Å². The van der Waals surface area contributed by atoms with Crippen molar-refractivity contribution in [3.05, 3.63) is 29.8 Å². The fourth-order valence-corrected chi connectivity index (χ4v) is 3.02. The normalized spacial score (nSPS) is 16.2.